The van der Waals surface area contributed by atoms with Crippen LogP contribution in [0.2, 0.25) is 0 Å². The number of fused-ring (bicyclic) bond motifs is 1. The quantitative estimate of drug-likeness (QED) is 0.0616. The molecule has 5 fully saturated rings. The van der Waals surface area contributed by atoms with Crippen LogP contribution in [0.25, 0.3) is 27.8 Å². The van der Waals surface area contributed by atoms with E-state index in [1.807, 2.05) is 34.2 Å². The molecular weight excluding hydrogens is 801 g/mol. The summed E-state index contributed by atoms with van der Waals surface area (Å²) >= 11 is 0. The molecule has 3 aromatic carbocycles. The molecule has 4 aromatic rings. The third kappa shape index (κ3) is 8.90. The van der Waals surface area contributed by atoms with Gasteiger partial charge < -0.3 is 34.4 Å². The molecular formula is C53H66BN3O7. The molecule has 4 atom stereocenters. The molecule has 2 saturated carbocycles. The Morgan fingerprint density at radius 2 is 1.38 bits per heavy atom. The summed E-state index contributed by atoms with van der Waals surface area (Å²) < 4.78 is 13.3. The van der Waals surface area contributed by atoms with Crippen molar-refractivity contribution < 1.29 is 34.2 Å². The predicted molar refractivity (Wildman–Crippen MR) is 252 cm³/mol. The van der Waals surface area contributed by atoms with Crippen LogP contribution >= 0.6 is 0 Å². The molecule has 2 aliphatic carbocycles. The fourth-order valence-electron chi connectivity index (χ4n) is 11.5. The van der Waals surface area contributed by atoms with E-state index in [9.17, 15) is 19.8 Å². The maximum absolute atomic E-state index is 13.6. The number of hydrogen-bond acceptors (Lipinski definition) is 8. The molecule has 1 aromatic heterocycles. The molecule has 0 radical (unpaired) electrons. The number of amides is 2. The Hall–Kier alpha value is -4.55. The Labute approximate surface area is 379 Å². The summed E-state index contributed by atoms with van der Waals surface area (Å²) in [6, 6.07) is 25.4. The predicted octanol–water partition coefficient (Wildman–Crippen LogP) is 8.54. The van der Waals surface area contributed by atoms with Crippen LogP contribution < -0.4 is 5.46 Å². The monoisotopic (exact) mass is 867 g/mol. The van der Waals surface area contributed by atoms with Gasteiger partial charge in [-0.1, -0.05) is 67.2 Å². The minimum atomic E-state index is -0.651. The Morgan fingerprint density at radius 3 is 1.95 bits per heavy atom. The zero-order chi connectivity index (χ0) is 44.9. The van der Waals surface area contributed by atoms with E-state index in [1.165, 1.54) is 17.5 Å². The topological polar surface area (TPSA) is 133 Å². The number of hydrogen-bond donors (Lipinski definition) is 3. The van der Waals surface area contributed by atoms with Crippen molar-refractivity contribution in [2.24, 2.45) is 16.7 Å². The number of nitrogens with zero attached hydrogens (tertiary/aromatic N) is 3. The van der Waals surface area contributed by atoms with Crippen LogP contribution in [0.1, 0.15) is 126 Å². The van der Waals surface area contributed by atoms with E-state index in [1.54, 1.807) is 0 Å². The van der Waals surface area contributed by atoms with Crippen molar-refractivity contribution in [1.29, 1.82) is 0 Å². The number of aliphatic hydroxyl groups is 3. The van der Waals surface area contributed by atoms with Crippen molar-refractivity contribution >= 4 is 41.1 Å². The Balaban J connectivity index is 0.727. The highest BCUT2D eigenvalue weighted by Gasteiger charge is 2.58. The second-order valence-electron chi connectivity index (χ2n) is 20.6. The van der Waals surface area contributed by atoms with Gasteiger partial charge in [-0.05, 0) is 148 Å². The summed E-state index contributed by atoms with van der Waals surface area (Å²) in [5.74, 6) is 1.37. The average molecular weight is 868 g/mol. The van der Waals surface area contributed by atoms with Gasteiger partial charge in [-0.3, -0.25) is 14.6 Å². The van der Waals surface area contributed by atoms with Crippen LogP contribution in [-0.4, -0.2) is 99.6 Å². The molecule has 3 saturated heterocycles. The van der Waals surface area contributed by atoms with E-state index in [2.05, 4.69) is 86.9 Å². The van der Waals surface area contributed by atoms with Crippen LogP contribution in [0.3, 0.4) is 0 Å². The van der Waals surface area contributed by atoms with E-state index in [4.69, 9.17) is 14.4 Å². The number of aliphatic hydroxyl groups excluding tert-OH is 3. The van der Waals surface area contributed by atoms with Crippen LogP contribution in [-0.2, 0) is 18.9 Å². The number of rotatable bonds is 15. The molecule has 64 heavy (non-hydrogen) atoms. The first-order valence-electron chi connectivity index (χ1n) is 23.9. The van der Waals surface area contributed by atoms with Crippen molar-refractivity contribution in [1.82, 2.24) is 14.8 Å². The summed E-state index contributed by atoms with van der Waals surface area (Å²) in [6.45, 7) is 13.2. The van der Waals surface area contributed by atoms with Gasteiger partial charge in [-0.25, -0.2) is 0 Å². The Morgan fingerprint density at radius 1 is 0.781 bits per heavy atom. The molecule has 2 amide bonds. The maximum atomic E-state index is 13.6. The van der Waals surface area contributed by atoms with Gasteiger partial charge in [0, 0.05) is 74.9 Å². The number of piperidine rings is 2. The average Bonchev–Trinajstić information content (AvgIpc) is 4.19. The van der Waals surface area contributed by atoms with Crippen molar-refractivity contribution in [3.8, 4) is 11.1 Å². The zero-order valence-electron chi connectivity index (χ0n) is 38.1. The first-order valence-corrected chi connectivity index (χ1v) is 23.9. The molecule has 3 aliphatic heterocycles. The first-order chi connectivity index (χ1) is 30.7. The van der Waals surface area contributed by atoms with Crippen LogP contribution in [0.15, 0.2) is 85.6 Å². The molecule has 3 N–H and O–H groups in total. The molecule has 9 rings (SSSR count). The molecule has 4 unspecified atom stereocenters. The number of aromatic nitrogens is 1. The fraction of sp³-hybridized carbons (Fsp3) is 0.528. The molecule has 4 heterocycles. The van der Waals surface area contributed by atoms with E-state index >= 15 is 0 Å². The highest BCUT2D eigenvalue weighted by Crippen LogP contribution is 2.66. The highest BCUT2D eigenvalue weighted by atomic mass is 16.7. The Kier molecular flexibility index (Phi) is 12.3. The van der Waals surface area contributed by atoms with Crippen molar-refractivity contribution in [3.63, 3.8) is 0 Å². The lowest BCUT2D eigenvalue weighted by Gasteiger charge is -2.39. The van der Waals surface area contributed by atoms with Crippen LogP contribution in [0, 0.1) is 16.7 Å². The van der Waals surface area contributed by atoms with E-state index in [0.717, 1.165) is 92.2 Å². The number of unbranched alkanes of at least 4 members (excludes halogenated alkanes) is 1. The first kappa shape index (κ1) is 44.6. The fourth-order valence-corrected chi connectivity index (χ4v) is 11.5. The van der Waals surface area contributed by atoms with Gasteiger partial charge in [0.15, 0.2) is 0 Å². The molecule has 0 bridgehead atoms. The van der Waals surface area contributed by atoms with Crippen molar-refractivity contribution in [2.75, 3.05) is 39.4 Å². The zero-order valence-corrected chi connectivity index (χ0v) is 38.1. The lowest BCUT2D eigenvalue weighted by molar-refractivity contribution is -0.134. The second kappa shape index (κ2) is 17.7. The van der Waals surface area contributed by atoms with Crippen LogP contribution in [0.4, 0.5) is 0 Å². The summed E-state index contributed by atoms with van der Waals surface area (Å²) in [7, 11) is -0.515. The van der Waals surface area contributed by atoms with Gasteiger partial charge in [-0.2, -0.15) is 0 Å². The highest BCUT2D eigenvalue weighted by molar-refractivity contribution is 6.62. The largest absolute Gasteiger partial charge is 0.508 e. The van der Waals surface area contributed by atoms with Crippen molar-refractivity contribution in [3.05, 3.63) is 102 Å². The smallest absolute Gasteiger partial charge is 0.494 e. The SMILES string of the molecule is C=C(O)c1ccc2cc(-c3ccc(C4CC45CCN(C(=O)CCC(CO)CC4(C)OB(c6ccc(C7CC78CCN(C(=O)CCCCO)CC8)cc6)OC4(C)C)CC5)cc3)cnc2c1. The van der Waals surface area contributed by atoms with Gasteiger partial charge >= 0.3 is 7.12 Å². The lowest BCUT2D eigenvalue weighted by atomic mass is 9.78. The Bertz CT molecular complexity index is 2350. The number of benzene rings is 3. The lowest BCUT2D eigenvalue weighted by Crippen LogP contribution is -2.46. The summed E-state index contributed by atoms with van der Waals surface area (Å²) in [5, 5.41) is 30.4. The van der Waals surface area contributed by atoms with E-state index < -0.39 is 18.3 Å². The number of carbonyl (C=O) groups is 2. The van der Waals surface area contributed by atoms with Gasteiger partial charge in [0.05, 0.1) is 16.7 Å². The summed E-state index contributed by atoms with van der Waals surface area (Å²) in [5.41, 5.74) is 6.67. The van der Waals surface area contributed by atoms with Crippen LogP contribution in [0.5, 0.6) is 0 Å². The van der Waals surface area contributed by atoms with E-state index in [0.29, 0.717) is 54.9 Å². The third-order valence-corrected chi connectivity index (χ3v) is 16.4. The number of pyridine rings is 1. The minimum absolute atomic E-state index is 0.0105. The van der Waals surface area contributed by atoms with E-state index in [-0.39, 0.29) is 42.1 Å². The molecule has 10 nitrogen and oxygen atoms in total. The van der Waals surface area contributed by atoms with Gasteiger partial charge in [0.2, 0.25) is 11.8 Å². The summed E-state index contributed by atoms with van der Waals surface area (Å²) in [6.07, 6.45) is 11.9. The van der Waals surface area contributed by atoms with Gasteiger partial charge in [0.1, 0.15) is 5.76 Å². The normalized spacial score (nSPS) is 24.6. The van der Waals surface area contributed by atoms with Gasteiger partial charge in [-0.15, -0.1) is 0 Å². The standard InChI is InChI=1S/C53H66BN3O7/c1-36(60)41-13-14-42-29-43(34-55-47(42)30-41)38-9-11-39(12-10-38)45-32-52(45)22-26-57(27-23-52)49(62)19-8-37(35-59)31-51(4)50(2,3)63-54(64-51)44-17-15-40(16-18-44)46-33-53(46)20-24-56(25-21-53)48(61)7-5-6-28-58/h9-18,29-30,34,37,45-46,58-60H,1,5-8,19-28,31-33,35H2,2-4H3. The third-order valence-electron chi connectivity index (χ3n) is 16.4. The van der Waals surface area contributed by atoms with Gasteiger partial charge in [0.25, 0.3) is 0 Å². The minimum Gasteiger partial charge on any atom is -0.508 e. The molecule has 338 valence electrons. The second-order valence-corrected chi connectivity index (χ2v) is 20.6. The number of carbonyl (C=O) groups excluding carboxylic acids is 2. The summed E-state index contributed by atoms with van der Waals surface area (Å²) in [4.78, 5) is 34.9. The molecule has 2 spiro atoms. The maximum Gasteiger partial charge on any atom is 0.494 e. The number of likely N-dealkylation sites (tertiary alicyclic amines) is 2. The molecule has 5 aliphatic rings. The van der Waals surface area contributed by atoms with Crippen molar-refractivity contribution in [2.45, 2.75) is 121 Å². The molecule has 11 heteroatoms.